The molecule has 1 aliphatic carbocycles. The highest BCUT2D eigenvalue weighted by atomic mass is 16.3. The SMILES string of the molecule is CN=C(NCCc1ccccc1O)N1CCN(C2CC2)C(=O)C1. The summed E-state index contributed by atoms with van der Waals surface area (Å²) in [5.74, 6) is 1.27. The van der Waals surface area contributed by atoms with Gasteiger partial charge in [0.1, 0.15) is 5.75 Å². The first-order chi connectivity index (χ1) is 11.2. The number of nitrogens with one attached hydrogen (secondary N) is 1. The molecule has 1 aromatic rings. The van der Waals surface area contributed by atoms with E-state index in [0.717, 1.165) is 37.5 Å². The maximum atomic E-state index is 12.2. The molecule has 2 N–H and O–H groups in total. The van der Waals surface area contributed by atoms with E-state index in [4.69, 9.17) is 0 Å². The van der Waals surface area contributed by atoms with Gasteiger partial charge in [-0.05, 0) is 30.9 Å². The molecule has 2 aliphatic rings. The van der Waals surface area contributed by atoms with Gasteiger partial charge in [-0.15, -0.1) is 0 Å². The van der Waals surface area contributed by atoms with Crippen molar-refractivity contribution in [2.75, 3.05) is 33.2 Å². The van der Waals surface area contributed by atoms with Crippen molar-refractivity contribution >= 4 is 11.9 Å². The quantitative estimate of drug-likeness (QED) is 0.637. The maximum Gasteiger partial charge on any atom is 0.242 e. The van der Waals surface area contributed by atoms with E-state index in [0.29, 0.717) is 31.3 Å². The second kappa shape index (κ2) is 6.89. The van der Waals surface area contributed by atoms with Crippen LogP contribution in [-0.4, -0.2) is 66.0 Å². The van der Waals surface area contributed by atoms with Crippen LogP contribution in [-0.2, 0) is 11.2 Å². The van der Waals surface area contributed by atoms with Crippen LogP contribution < -0.4 is 5.32 Å². The summed E-state index contributed by atoms with van der Waals surface area (Å²) in [6, 6.07) is 7.83. The lowest BCUT2D eigenvalue weighted by Gasteiger charge is -2.36. The van der Waals surface area contributed by atoms with Gasteiger partial charge in [-0.3, -0.25) is 9.79 Å². The molecular weight excluding hydrogens is 292 g/mol. The summed E-state index contributed by atoms with van der Waals surface area (Å²) in [6.07, 6.45) is 3.01. The van der Waals surface area contributed by atoms with Crippen LogP contribution in [0, 0.1) is 0 Å². The molecule has 0 radical (unpaired) electrons. The van der Waals surface area contributed by atoms with Crippen LogP contribution in [0.4, 0.5) is 0 Å². The van der Waals surface area contributed by atoms with E-state index < -0.39 is 0 Å². The molecule has 1 saturated carbocycles. The lowest BCUT2D eigenvalue weighted by molar-refractivity contribution is -0.135. The number of para-hydroxylation sites is 1. The van der Waals surface area contributed by atoms with Gasteiger partial charge in [0.05, 0.1) is 6.54 Å². The van der Waals surface area contributed by atoms with Crippen molar-refractivity contribution in [3.05, 3.63) is 29.8 Å². The van der Waals surface area contributed by atoms with Gasteiger partial charge in [0.2, 0.25) is 5.91 Å². The molecule has 1 amide bonds. The van der Waals surface area contributed by atoms with Crippen LogP contribution >= 0.6 is 0 Å². The minimum Gasteiger partial charge on any atom is -0.508 e. The van der Waals surface area contributed by atoms with Gasteiger partial charge in [0.25, 0.3) is 0 Å². The van der Waals surface area contributed by atoms with E-state index >= 15 is 0 Å². The number of rotatable bonds is 4. The third-order valence-electron chi connectivity index (χ3n) is 4.43. The van der Waals surface area contributed by atoms with Gasteiger partial charge < -0.3 is 20.2 Å². The number of benzene rings is 1. The van der Waals surface area contributed by atoms with Crippen LogP contribution in [0.25, 0.3) is 0 Å². The Morgan fingerprint density at radius 1 is 1.35 bits per heavy atom. The number of aromatic hydroxyl groups is 1. The summed E-state index contributed by atoms with van der Waals surface area (Å²) in [7, 11) is 1.74. The Balaban J connectivity index is 1.50. The Kier molecular flexibility index (Phi) is 4.69. The van der Waals surface area contributed by atoms with Crippen LogP contribution in [0.2, 0.25) is 0 Å². The molecule has 2 fully saturated rings. The molecule has 1 aromatic carbocycles. The average molecular weight is 316 g/mol. The number of carbonyl (C=O) groups is 1. The van der Waals surface area contributed by atoms with Crippen molar-refractivity contribution in [1.82, 2.24) is 15.1 Å². The molecular formula is C17H24N4O2. The standard InChI is InChI=1S/C17H24N4O2/c1-18-17(19-9-8-13-4-2-3-5-15(13)22)20-10-11-21(14-6-7-14)16(23)12-20/h2-5,14,22H,6-12H2,1H3,(H,18,19). The van der Waals surface area contributed by atoms with E-state index in [-0.39, 0.29) is 5.91 Å². The van der Waals surface area contributed by atoms with Crippen molar-refractivity contribution < 1.29 is 9.90 Å². The molecule has 1 saturated heterocycles. The molecule has 0 aromatic heterocycles. The maximum absolute atomic E-state index is 12.2. The number of phenolic OH excluding ortho intramolecular Hbond substituents is 1. The topological polar surface area (TPSA) is 68.2 Å². The molecule has 23 heavy (non-hydrogen) atoms. The lowest BCUT2D eigenvalue weighted by atomic mass is 10.1. The Hall–Kier alpha value is -2.24. The summed E-state index contributed by atoms with van der Waals surface area (Å²) in [5.41, 5.74) is 0.907. The molecule has 0 atom stereocenters. The third kappa shape index (κ3) is 3.75. The lowest BCUT2D eigenvalue weighted by Crippen LogP contribution is -2.55. The molecule has 3 rings (SSSR count). The third-order valence-corrected chi connectivity index (χ3v) is 4.43. The minimum atomic E-state index is 0.197. The molecule has 0 unspecified atom stereocenters. The van der Waals surface area contributed by atoms with E-state index in [1.54, 1.807) is 13.1 Å². The number of hydrogen-bond acceptors (Lipinski definition) is 3. The van der Waals surface area contributed by atoms with Gasteiger partial charge in [-0.2, -0.15) is 0 Å². The number of guanidine groups is 1. The zero-order valence-corrected chi connectivity index (χ0v) is 13.5. The number of nitrogens with zero attached hydrogens (tertiary/aromatic N) is 3. The summed E-state index contributed by atoms with van der Waals surface area (Å²) < 4.78 is 0. The highest BCUT2D eigenvalue weighted by molar-refractivity contribution is 5.88. The summed E-state index contributed by atoms with van der Waals surface area (Å²) in [5, 5.41) is 13.1. The zero-order chi connectivity index (χ0) is 16.2. The molecule has 1 aliphatic heterocycles. The van der Waals surface area contributed by atoms with Crippen molar-refractivity contribution in [2.24, 2.45) is 4.99 Å². The smallest absolute Gasteiger partial charge is 0.242 e. The van der Waals surface area contributed by atoms with Gasteiger partial charge in [0, 0.05) is 32.7 Å². The first-order valence-corrected chi connectivity index (χ1v) is 8.21. The Morgan fingerprint density at radius 2 is 2.13 bits per heavy atom. The van der Waals surface area contributed by atoms with Crippen molar-refractivity contribution in [1.29, 1.82) is 0 Å². The van der Waals surface area contributed by atoms with E-state index in [1.807, 2.05) is 28.0 Å². The van der Waals surface area contributed by atoms with Crippen molar-refractivity contribution in [3.63, 3.8) is 0 Å². The number of amides is 1. The first kappa shape index (κ1) is 15.6. The highest BCUT2D eigenvalue weighted by Crippen LogP contribution is 2.28. The summed E-state index contributed by atoms with van der Waals surface area (Å²) >= 11 is 0. The largest absolute Gasteiger partial charge is 0.508 e. The molecule has 0 bridgehead atoms. The van der Waals surface area contributed by atoms with E-state index in [2.05, 4.69) is 10.3 Å². The molecule has 6 nitrogen and oxygen atoms in total. The highest BCUT2D eigenvalue weighted by Gasteiger charge is 2.36. The Morgan fingerprint density at radius 3 is 2.78 bits per heavy atom. The number of phenols is 1. The minimum absolute atomic E-state index is 0.197. The monoisotopic (exact) mass is 316 g/mol. The first-order valence-electron chi connectivity index (χ1n) is 8.21. The van der Waals surface area contributed by atoms with Gasteiger partial charge in [-0.1, -0.05) is 18.2 Å². The number of hydrogen-bond donors (Lipinski definition) is 2. The fourth-order valence-corrected chi connectivity index (χ4v) is 3.00. The summed E-state index contributed by atoms with van der Waals surface area (Å²) in [6.45, 7) is 2.66. The van der Waals surface area contributed by atoms with Gasteiger partial charge >= 0.3 is 0 Å². The molecule has 1 heterocycles. The molecule has 124 valence electrons. The molecule has 0 spiro atoms. The molecule has 6 heteroatoms. The van der Waals surface area contributed by atoms with Crippen molar-refractivity contribution in [2.45, 2.75) is 25.3 Å². The van der Waals surface area contributed by atoms with E-state index in [9.17, 15) is 9.90 Å². The summed E-state index contributed by atoms with van der Waals surface area (Å²) in [4.78, 5) is 20.5. The Bertz CT molecular complexity index is 598. The fourth-order valence-electron chi connectivity index (χ4n) is 3.00. The second-order valence-electron chi connectivity index (χ2n) is 6.09. The van der Waals surface area contributed by atoms with Crippen LogP contribution in [0.5, 0.6) is 5.75 Å². The normalized spacial score (nSPS) is 19.2. The fraction of sp³-hybridized carbons (Fsp3) is 0.529. The van der Waals surface area contributed by atoms with Gasteiger partial charge in [-0.25, -0.2) is 0 Å². The van der Waals surface area contributed by atoms with Crippen LogP contribution in [0.3, 0.4) is 0 Å². The predicted octanol–water partition coefficient (Wildman–Crippen LogP) is 0.817. The van der Waals surface area contributed by atoms with Gasteiger partial charge in [0.15, 0.2) is 5.96 Å². The van der Waals surface area contributed by atoms with Crippen LogP contribution in [0.15, 0.2) is 29.3 Å². The van der Waals surface area contributed by atoms with E-state index in [1.165, 1.54) is 0 Å². The number of carbonyl (C=O) groups excluding carboxylic acids is 1. The average Bonchev–Trinajstić information content (AvgIpc) is 3.38. The Labute approximate surface area is 136 Å². The number of aliphatic imine (C=N–C) groups is 1. The zero-order valence-electron chi connectivity index (χ0n) is 13.5. The predicted molar refractivity (Wildman–Crippen MR) is 89.5 cm³/mol. The number of piperazine rings is 1. The second-order valence-corrected chi connectivity index (χ2v) is 6.09. The van der Waals surface area contributed by atoms with Crippen molar-refractivity contribution in [3.8, 4) is 5.75 Å². The van der Waals surface area contributed by atoms with Crippen LogP contribution in [0.1, 0.15) is 18.4 Å².